The van der Waals surface area contributed by atoms with Crippen molar-refractivity contribution in [2.45, 2.75) is 64.1 Å². The van der Waals surface area contributed by atoms with Crippen molar-refractivity contribution in [2.75, 3.05) is 11.9 Å². The molecule has 1 N–H and O–H groups in total. The molecule has 2 unspecified atom stereocenters. The predicted octanol–water partition coefficient (Wildman–Crippen LogP) is 4.61. The van der Waals surface area contributed by atoms with Crippen LogP contribution in [0.2, 0.25) is 5.02 Å². The van der Waals surface area contributed by atoms with E-state index in [-0.39, 0.29) is 0 Å². The minimum atomic E-state index is 0.631. The second kappa shape index (κ2) is 6.58. The van der Waals surface area contributed by atoms with Gasteiger partial charge in [0.05, 0.1) is 10.7 Å². The summed E-state index contributed by atoms with van der Waals surface area (Å²) in [5.74, 6) is 0.760. The van der Waals surface area contributed by atoms with E-state index in [4.69, 9.17) is 11.6 Å². The first-order valence-corrected chi connectivity index (χ1v) is 8.77. The lowest BCUT2D eigenvalue weighted by atomic mass is 9.85. The van der Waals surface area contributed by atoms with Crippen molar-refractivity contribution in [3.8, 4) is 0 Å². The molecule has 2 aliphatic carbocycles. The molecule has 2 nitrogen and oxygen atoms in total. The van der Waals surface area contributed by atoms with Gasteiger partial charge in [-0.15, -0.1) is 0 Å². The summed E-state index contributed by atoms with van der Waals surface area (Å²) in [5.41, 5.74) is 2.48. The first-order valence-electron chi connectivity index (χ1n) is 8.40. The van der Waals surface area contributed by atoms with Gasteiger partial charge >= 0.3 is 0 Å². The van der Waals surface area contributed by atoms with Gasteiger partial charge in [-0.25, -0.2) is 0 Å². The fourth-order valence-corrected chi connectivity index (χ4v) is 3.88. The molecule has 1 aromatic rings. The van der Waals surface area contributed by atoms with Crippen molar-refractivity contribution in [1.82, 2.24) is 5.32 Å². The second-order valence-electron chi connectivity index (χ2n) is 6.88. The summed E-state index contributed by atoms with van der Waals surface area (Å²) in [5, 5.41) is 4.44. The number of halogens is 1. The van der Waals surface area contributed by atoms with E-state index < -0.39 is 0 Å². The molecule has 0 bridgehead atoms. The van der Waals surface area contributed by atoms with Gasteiger partial charge in [-0.2, -0.15) is 0 Å². The van der Waals surface area contributed by atoms with Gasteiger partial charge in [-0.3, -0.25) is 0 Å². The highest BCUT2D eigenvalue weighted by Crippen LogP contribution is 2.34. The van der Waals surface area contributed by atoms with Crippen molar-refractivity contribution in [1.29, 1.82) is 0 Å². The molecule has 3 rings (SSSR count). The molecule has 3 heteroatoms. The van der Waals surface area contributed by atoms with Gasteiger partial charge in [-0.05, 0) is 49.3 Å². The first-order chi connectivity index (χ1) is 10.1. The Bertz CT molecular complexity index is 484. The standard InChI is InChI=1S/C18H27ClN2/c1-13-5-3-4-6-17(13)21(2)18-10-7-14(11-16(18)19)12-20-15-8-9-15/h7,10-11,13,15,17,20H,3-6,8-9,12H2,1-2H3. The average molecular weight is 307 g/mol. The second-order valence-corrected chi connectivity index (χ2v) is 7.29. The van der Waals surface area contributed by atoms with Gasteiger partial charge in [0.15, 0.2) is 0 Å². The zero-order valence-corrected chi connectivity index (χ0v) is 14.0. The number of nitrogens with one attached hydrogen (secondary N) is 1. The van der Waals surface area contributed by atoms with Crippen LogP contribution in [0.1, 0.15) is 51.0 Å². The molecular weight excluding hydrogens is 280 g/mol. The van der Waals surface area contributed by atoms with Gasteiger partial charge in [0.25, 0.3) is 0 Å². The van der Waals surface area contributed by atoms with Crippen LogP contribution in [-0.2, 0) is 6.54 Å². The fraction of sp³-hybridized carbons (Fsp3) is 0.667. The Morgan fingerprint density at radius 1 is 1.19 bits per heavy atom. The van der Waals surface area contributed by atoms with Crippen molar-refractivity contribution in [3.05, 3.63) is 28.8 Å². The number of anilines is 1. The number of hydrogen-bond donors (Lipinski definition) is 1. The van der Waals surface area contributed by atoms with Crippen LogP contribution < -0.4 is 10.2 Å². The lowest BCUT2D eigenvalue weighted by molar-refractivity contribution is 0.321. The lowest BCUT2D eigenvalue weighted by Gasteiger charge is -2.38. The van der Waals surface area contributed by atoms with Crippen molar-refractivity contribution < 1.29 is 0 Å². The summed E-state index contributed by atoms with van der Waals surface area (Å²) in [6, 6.07) is 7.94. The van der Waals surface area contributed by atoms with Gasteiger partial charge in [-0.1, -0.05) is 37.4 Å². The Morgan fingerprint density at radius 2 is 1.95 bits per heavy atom. The zero-order valence-electron chi connectivity index (χ0n) is 13.2. The molecule has 21 heavy (non-hydrogen) atoms. The molecule has 0 aromatic heterocycles. The summed E-state index contributed by atoms with van der Waals surface area (Å²) in [6.45, 7) is 3.32. The largest absolute Gasteiger partial charge is 0.370 e. The van der Waals surface area contributed by atoms with E-state index in [1.54, 1.807) is 0 Å². The van der Waals surface area contributed by atoms with E-state index >= 15 is 0 Å². The lowest BCUT2D eigenvalue weighted by Crippen LogP contribution is -2.39. The minimum Gasteiger partial charge on any atom is -0.370 e. The van der Waals surface area contributed by atoms with Gasteiger partial charge in [0.2, 0.25) is 0 Å². The van der Waals surface area contributed by atoms with E-state index in [1.807, 2.05) is 0 Å². The third-order valence-corrected chi connectivity index (χ3v) is 5.43. The molecule has 0 radical (unpaired) electrons. The highest BCUT2D eigenvalue weighted by Gasteiger charge is 2.26. The number of nitrogens with zero attached hydrogens (tertiary/aromatic N) is 1. The fourth-order valence-electron chi connectivity index (χ4n) is 3.55. The maximum absolute atomic E-state index is 6.55. The number of hydrogen-bond acceptors (Lipinski definition) is 2. The Hall–Kier alpha value is -0.730. The normalized spacial score (nSPS) is 25.9. The molecule has 116 valence electrons. The molecule has 0 spiro atoms. The third kappa shape index (κ3) is 3.73. The maximum atomic E-state index is 6.55. The molecule has 2 aliphatic rings. The van der Waals surface area contributed by atoms with E-state index in [1.165, 1.54) is 49.8 Å². The Balaban J connectivity index is 1.68. The summed E-state index contributed by atoms with van der Waals surface area (Å²) in [6.07, 6.45) is 8.02. The van der Waals surface area contributed by atoms with Crippen LogP contribution in [-0.4, -0.2) is 19.1 Å². The van der Waals surface area contributed by atoms with Gasteiger partial charge < -0.3 is 10.2 Å². The molecule has 0 saturated heterocycles. The van der Waals surface area contributed by atoms with Crippen LogP contribution in [0.25, 0.3) is 0 Å². The average Bonchev–Trinajstić information content (AvgIpc) is 3.29. The van der Waals surface area contributed by atoms with Crippen LogP contribution in [0.15, 0.2) is 18.2 Å². The van der Waals surface area contributed by atoms with Crippen LogP contribution in [0, 0.1) is 5.92 Å². The van der Waals surface area contributed by atoms with Crippen LogP contribution in [0.4, 0.5) is 5.69 Å². The van der Waals surface area contributed by atoms with E-state index in [0.29, 0.717) is 6.04 Å². The van der Waals surface area contributed by atoms with Crippen LogP contribution >= 0.6 is 11.6 Å². The third-order valence-electron chi connectivity index (χ3n) is 5.13. The summed E-state index contributed by atoms with van der Waals surface area (Å²) in [7, 11) is 2.20. The van der Waals surface area contributed by atoms with Gasteiger partial charge in [0.1, 0.15) is 0 Å². The first kappa shape index (κ1) is 15.2. The minimum absolute atomic E-state index is 0.631. The Morgan fingerprint density at radius 3 is 2.62 bits per heavy atom. The molecule has 0 aliphatic heterocycles. The molecule has 1 aromatic carbocycles. The Kier molecular flexibility index (Phi) is 4.75. The van der Waals surface area contributed by atoms with E-state index in [0.717, 1.165) is 23.5 Å². The number of rotatable bonds is 5. The summed E-state index contributed by atoms with van der Waals surface area (Å²) in [4.78, 5) is 2.41. The summed E-state index contributed by atoms with van der Waals surface area (Å²) < 4.78 is 0. The molecular formula is C18H27ClN2. The van der Waals surface area contributed by atoms with Crippen molar-refractivity contribution in [3.63, 3.8) is 0 Å². The topological polar surface area (TPSA) is 15.3 Å². The van der Waals surface area contributed by atoms with Crippen molar-refractivity contribution in [2.24, 2.45) is 5.92 Å². The molecule has 2 atom stereocenters. The van der Waals surface area contributed by atoms with E-state index in [9.17, 15) is 0 Å². The quantitative estimate of drug-likeness (QED) is 0.855. The van der Waals surface area contributed by atoms with Crippen molar-refractivity contribution >= 4 is 17.3 Å². The van der Waals surface area contributed by atoms with E-state index in [2.05, 4.69) is 42.4 Å². The SMILES string of the molecule is CC1CCCCC1N(C)c1ccc(CNC2CC2)cc1Cl. The smallest absolute Gasteiger partial charge is 0.0642 e. The predicted molar refractivity (Wildman–Crippen MR) is 91.1 cm³/mol. The van der Waals surface area contributed by atoms with Gasteiger partial charge in [0, 0.05) is 25.7 Å². The highest BCUT2D eigenvalue weighted by molar-refractivity contribution is 6.33. The monoisotopic (exact) mass is 306 g/mol. The zero-order chi connectivity index (χ0) is 14.8. The van der Waals surface area contributed by atoms with Crippen LogP contribution in [0.3, 0.4) is 0 Å². The molecule has 0 amide bonds. The maximum Gasteiger partial charge on any atom is 0.0642 e. The molecule has 2 fully saturated rings. The summed E-state index contributed by atoms with van der Waals surface area (Å²) >= 11 is 6.55. The highest BCUT2D eigenvalue weighted by atomic mass is 35.5. The number of benzene rings is 1. The van der Waals surface area contributed by atoms with Crippen LogP contribution in [0.5, 0.6) is 0 Å². The molecule has 0 heterocycles. The molecule has 2 saturated carbocycles. The Labute approximate surface area is 133 Å².